The molecule has 0 aliphatic carbocycles. The van der Waals surface area contributed by atoms with E-state index in [1.807, 2.05) is 18.2 Å². The molecule has 0 aromatic heterocycles. The first-order valence-corrected chi connectivity index (χ1v) is 8.94. The average Bonchev–Trinajstić information content (AvgIpc) is 2.61. The van der Waals surface area contributed by atoms with E-state index < -0.39 is 5.82 Å². The zero-order valence-corrected chi connectivity index (χ0v) is 15.4. The minimum atomic E-state index is -0.452. The summed E-state index contributed by atoms with van der Waals surface area (Å²) in [6.07, 6.45) is 0.847. The molecule has 1 N–H and O–H groups in total. The van der Waals surface area contributed by atoms with E-state index >= 15 is 0 Å². The summed E-state index contributed by atoms with van der Waals surface area (Å²) in [6.45, 7) is 6.53. The van der Waals surface area contributed by atoms with Gasteiger partial charge in [0.2, 0.25) is 0 Å². The SMILES string of the molecule is CCN(CC)C(CNC(=O)c1ccc(F)cc1Cl)Cc1ccccc1. The first-order chi connectivity index (χ1) is 12.0. The topological polar surface area (TPSA) is 32.3 Å². The fourth-order valence-corrected chi connectivity index (χ4v) is 3.19. The van der Waals surface area contributed by atoms with Crippen molar-refractivity contribution in [3.8, 4) is 0 Å². The minimum absolute atomic E-state index is 0.125. The lowest BCUT2D eigenvalue weighted by atomic mass is 10.0. The van der Waals surface area contributed by atoms with Gasteiger partial charge in [-0.1, -0.05) is 55.8 Å². The number of halogens is 2. The third-order valence-electron chi connectivity index (χ3n) is 4.32. The van der Waals surface area contributed by atoms with E-state index in [2.05, 4.69) is 36.2 Å². The Morgan fingerprint density at radius 2 is 1.84 bits per heavy atom. The molecule has 0 saturated heterocycles. The number of nitrogens with one attached hydrogen (secondary N) is 1. The van der Waals surface area contributed by atoms with Crippen molar-refractivity contribution in [2.24, 2.45) is 0 Å². The van der Waals surface area contributed by atoms with Gasteiger partial charge in [-0.2, -0.15) is 0 Å². The smallest absolute Gasteiger partial charge is 0.252 e. The summed E-state index contributed by atoms with van der Waals surface area (Å²) in [7, 11) is 0. The maximum atomic E-state index is 13.1. The van der Waals surface area contributed by atoms with Crippen molar-refractivity contribution < 1.29 is 9.18 Å². The Morgan fingerprint density at radius 1 is 1.16 bits per heavy atom. The van der Waals surface area contributed by atoms with Crippen molar-refractivity contribution in [1.82, 2.24) is 10.2 Å². The van der Waals surface area contributed by atoms with Crippen molar-refractivity contribution in [2.45, 2.75) is 26.3 Å². The molecule has 134 valence electrons. The number of hydrogen-bond donors (Lipinski definition) is 1. The van der Waals surface area contributed by atoms with E-state index in [4.69, 9.17) is 11.6 Å². The van der Waals surface area contributed by atoms with Gasteiger partial charge in [-0.25, -0.2) is 4.39 Å². The summed E-state index contributed by atoms with van der Waals surface area (Å²) in [5.41, 5.74) is 1.52. The Balaban J connectivity index is 2.06. The number of nitrogens with zero attached hydrogens (tertiary/aromatic N) is 1. The molecule has 0 heterocycles. The summed E-state index contributed by atoms with van der Waals surface area (Å²) in [6, 6.07) is 14.2. The molecule has 0 bridgehead atoms. The van der Waals surface area contributed by atoms with Gasteiger partial charge in [-0.15, -0.1) is 0 Å². The fraction of sp³-hybridized carbons (Fsp3) is 0.350. The monoisotopic (exact) mass is 362 g/mol. The molecule has 2 rings (SSSR count). The number of amides is 1. The van der Waals surface area contributed by atoms with E-state index in [0.717, 1.165) is 25.6 Å². The molecule has 0 saturated carbocycles. The number of likely N-dealkylation sites (N-methyl/N-ethyl adjacent to an activating group) is 1. The van der Waals surface area contributed by atoms with Gasteiger partial charge in [-0.3, -0.25) is 9.69 Å². The highest BCUT2D eigenvalue weighted by atomic mass is 35.5. The zero-order valence-electron chi connectivity index (χ0n) is 14.6. The highest BCUT2D eigenvalue weighted by Gasteiger charge is 2.18. The molecule has 0 radical (unpaired) electrons. The van der Waals surface area contributed by atoms with Gasteiger partial charge in [0.1, 0.15) is 5.82 Å². The first-order valence-electron chi connectivity index (χ1n) is 8.56. The highest BCUT2D eigenvalue weighted by molar-refractivity contribution is 6.33. The second kappa shape index (κ2) is 9.54. The molecule has 2 aromatic carbocycles. The molecule has 1 unspecified atom stereocenters. The molecule has 3 nitrogen and oxygen atoms in total. The van der Waals surface area contributed by atoms with Crippen molar-refractivity contribution in [3.05, 3.63) is 70.5 Å². The summed E-state index contributed by atoms with van der Waals surface area (Å²) >= 11 is 5.98. The van der Waals surface area contributed by atoms with Crippen LogP contribution in [0.3, 0.4) is 0 Å². The second-order valence-electron chi connectivity index (χ2n) is 5.90. The molecule has 5 heteroatoms. The number of hydrogen-bond acceptors (Lipinski definition) is 2. The van der Waals surface area contributed by atoms with Crippen molar-refractivity contribution in [1.29, 1.82) is 0 Å². The van der Waals surface area contributed by atoms with Crippen molar-refractivity contribution in [3.63, 3.8) is 0 Å². The predicted molar refractivity (Wildman–Crippen MR) is 101 cm³/mol. The largest absolute Gasteiger partial charge is 0.350 e. The van der Waals surface area contributed by atoms with E-state index in [1.165, 1.54) is 17.7 Å². The Bertz CT molecular complexity index is 689. The number of benzene rings is 2. The van der Waals surface area contributed by atoms with Crippen LogP contribution in [-0.4, -0.2) is 36.5 Å². The molecular formula is C20H24ClFN2O. The van der Waals surface area contributed by atoms with Gasteiger partial charge < -0.3 is 5.32 Å². The summed E-state index contributed by atoms with van der Waals surface area (Å²) < 4.78 is 13.1. The minimum Gasteiger partial charge on any atom is -0.350 e. The van der Waals surface area contributed by atoms with Gasteiger partial charge in [-0.05, 0) is 43.3 Å². The van der Waals surface area contributed by atoms with E-state index in [9.17, 15) is 9.18 Å². The number of rotatable bonds is 8. The molecule has 2 aromatic rings. The van der Waals surface area contributed by atoms with Crippen molar-refractivity contribution in [2.75, 3.05) is 19.6 Å². The Morgan fingerprint density at radius 3 is 2.44 bits per heavy atom. The van der Waals surface area contributed by atoms with Crippen LogP contribution >= 0.6 is 11.6 Å². The third kappa shape index (κ3) is 5.55. The lowest BCUT2D eigenvalue weighted by Gasteiger charge is -2.30. The molecule has 0 spiro atoms. The molecule has 0 fully saturated rings. The highest BCUT2D eigenvalue weighted by Crippen LogP contribution is 2.17. The van der Waals surface area contributed by atoms with Crippen LogP contribution in [0.4, 0.5) is 4.39 Å². The Hall–Kier alpha value is -1.91. The standard InChI is InChI=1S/C20H24ClFN2O/c1-3-24(4-2)17(12-15-8-6-5-7-9-15)14-23-20(25)18-11-10-16(22)13-19(18)21/h5-11,13,17H,3-4,12,14H2,1-2H3,(H,23,25). The van der Waals surface area contributed by atoms with E-state index in [0.29, 0.717) is 12.1 Å². The summed E-state index contributed by atoms with van der Waals surface area (Å²) in [5, 5.41) is 3.07. The Kier molecular flexibility index (Phi) is 7.41. The van der Waals surface area contributed by atoms with Gasteiger partial charge in [0, 0.05) is 12.6 Å². The average molecular weight is 363 g/mol. The normalized spacial score (nSPS) is 12.2. The molecular weight excluding hydrogens is 339 g/mol. The van der Waals surface area contributed by atoms with Gasteiger partial charge >= 0.3 is 0 Å². The fourth-order valence-electron chi connectivity index (χ4n) is 2.94. The lowest BCUT2D eigenvalue weighted by molar-refractivity contribution is 0.0935. The number of carbonyl (C=O) groups excluding carboxylic acids is 1. The van der Waals surface area contributed by atoms with Crippen LogP contribution < -0.4 is 5.32 Å². The van der Waals surface area contributed by atoms with Crippen LogP contribution in [0, 0.1) is 5.82 Å². The van der Waals surface area contributed by atoms with Gasteiger partial charge in [0.05, 0.1) is 10.6 Å². The van der Waals surface area contributed by atoms with Crippen LogP contribution in [0.2, 0.25) is 5.02 Å². The maximum absolute atomic E-state index is 13.1. The molecule has 1 amide bonds. The summed E-state index contributed by atoms with van der Waals surface area (Å²) in [5.74, 6) is -0.734. The number of carbonyl (C=O) groups is 1. The zero-order chi connectivity index (χ0) is 18.2. The predicted octanol–water partition coefficient (Wildman–Crippen LogP) is 4.16. The molecule has 25 heavy (non-hydrogen) atoms. The van der Waals surface area contributed by atoms with Crippen LogP contribution in [0.1, 0.15) is 29.8 Å². The van der Waals surface area contributed by atoms with Crippen molar-refractivity contribution >= 4 is 17.5 Å². The molecule has 0 aliphatic heterocycles. The maximum Gasteiger partial charge on any atom is 0.252 e. The quantitative estimate of drug-likeness (QED) is 0.764. The summed E-state index contributed by atoms with van der Waals surface area (Å²) in [4.78, 5) is 14.7. The third-order valence-corrected chi connectivity index (χ3v) is 4.63. The van der Waals surface area contributed by atoms with Crippen LogP contribution in [0.25, 0.3) is 0 Å². The van der Waals surface area contributed by atoms with Gasteiger partial charge in [0.25, 0.3) is 5.91 Å². The van der Waals surface area contributed by atoms with Crippen LogP contribution in [0.15, 0.2) is 48.5 Å². The molecule has 1 atom stereocenters. The second-order valence-corrected chi connectivity index (χ2v) is 6.31. The van der Waals surface area contributed by atoms with Crippen LogP contribution in [-0.2, 0) is 6.42 Å². The van der Waals surface area contributed by atoms with Crippen LogP contribution in [0.5, 0.6) is 0 Å². The van der Waals surface area contributed by atoms with E-state index in [1.54, 1.807) is 0 Å². The van der Waals surface area contributed by atoms with E-state index in [-0.39, 0.29) is 17.0 Å². The first kappa shape index (κ1) is 19.4. The van der Waals surface area contributed by atoms with Gasteiger partial charge in [0.15, 0.2) is 0 Å². The Labute approximate surface area is 153 Å². The molecule has 0 aliphatic rings. The lowest BCUT2D eigenvalue weighted by Crippen LogP contribution is -2.45.